The van der Waals surface area contributed by atoms with Gasteiger partial charge in [0.25, 0.3) is 5.69 Å². The van der Waals surface area contributed by atoms with Gasteiger partial charge >= 0.3 is 0 Å². The zero-order chi connectivity index (χ0) is 13.7. The number of rotatable bonds is 6. The summed E-state index contributed by atoms with van der Waals surface area (Å²) >= 11 is 0. The molecule has 19 heavy (non-hydrogen) atoms. The number of anilines is 2. The molecule has 100 valence electrons. The normalized spacial score (nSPS) is 10.2. The molecule has 2 aromatic heterocycles. The highest BCUT2D eigenvalue weighted by Crippen LogP contribution is 2.19. The predicted octanol–water partition coefficient (Wildman–Crippen LogP) is -0.0210. The topological polar surface area (TPSA) is 137 Å². The van der Waals surface area contributed by atoms with Crippen molar-refractivity contribution in [3.63, 3.8) is 0 Å². The lowest BCUT2D eigenvalue weighted by Gasteiger charge is -2.07. The van der Waals surface area contributed by atoms with E-state index in [0.29, 0.717) is 18.9 Å². The van der Waals surface area contributed by atoms with Gasteiger partial charge in [-0.2, -0.15) is 0 Å². The first-order valence-corrected chi connectivity index (χ1v) is 5.40. The standard InChI is InChI=1S/C9H12N8O2/c10-14-9-6-7(17(18)19)5-8(13-9)11-1-3-16-4-2-12-15-16/h2,4-6H,1,3,10H2,(H2,11,13,14). The van der Waals surface area contributed by atoms with Crippen LogP contribution in [0.3, 0.4) is 0 Å². The van der Waals surface area contributed by atoms with Gasteiger partial charge in [-0.15, -0.1) is 5.10 Å². The van der Waals surface area contributed by atoms with Crippen molar-refractivity contribution >= 4 is 17.3 Å². The maximum Gasteiger partial charge on any atom is 0.276 e. The van der Waals surface area contributed by atoms with Crippen molar-refractivity contribution in [1.82, 2.24) is 20.0 Å². The molecule has 0 fully saturated rings. The molecule has 0 bridgehead atoms. The average Bonchev–Trinajstić information content (AvgIpc) is 2.91. The lowest BCUT2D eigenvalue weighted by molar-refractivity contribution is -0.384. The Bertz CT molecular complexity index is 555. The van der Waals surface area contributed by atoms with E-state index in [-0.39, 0.29) is 11.5 Å². The Kier molecular flexibility index (Phi) is 3.83. The molecule has 0 aromatic carbocycles. The number of pyridine rings is 1. The van der Waals surface area contributed by atoms with Crippen LogP contribution in [0.2, 0.25) is 0 Å². The van der Waals surface area contributed by atoms with Crippen LogP contribution in [-0.4, -0.2) is 31.4 Å². The highest BCUT2D eigenvalue weighted by molar-refractivity contribution is 5.54. The number of nitrogen functional groups attached to an aromatic ring is 1. The van der Waals surface area contributed by atoms with Gasteiger partial charge in [0.15, 0.2) is 0 Å². The number of nitrogens with zero attached hydrogens (tertiary/aromatic N) is 5. The summed E-state index contributed by atoms with van der Waals surface area (Å²) in [5.41, 5.74) is 2.19. The summed E-state index contributed by atoms with van der Waals surface area (Å²) in [5, 5.41) is 21.2. The largest absolute Gasteiger partial charge is 0.368 e. The SMILES string of the molecule is NNc1cc([N+](=O)[O-])cc(NCCn2ccnn2)n1. The van der Waals surface area contributed by atoms with Crippen LogP contribution >= 0.6 is 0 Å². The third-order valence-corrected chi connectivity index (χ3v) is 2.29. The van der Waals surface area contributed by atoms with Gasteiger partial charge in [0, 0.05) is 12.7 Å². The van der Waals surface area contributed by atoms with Crippen molar-refractivity contribution < 1.29 is 4.92 Å². The summed E-state index contributed by atoms with van der Waals surface area (Å²) in [7, 11) is 0. The van der Waals surface area contributed by atoms with E-state index in [1.54, 1.807) is 17.1 Å². The fourth-order valence-corrected chi connectivity index (χ4v) is 1.44. The van der Waals surface area contributed by atoms with Crippen LogP contribution in [0.5, 0.6) is 0 Å². The van der Waals surface area contributed by atoms with E-state index in [1.807, 2.05) is 0 Å². The number of hydrazine groups is 1. The molecular formula is C9H12N8O2. The molecule has 0 amide bonds. The van der Waals surface area contributed by atoms with Crippen molar-refractivity contribution in [3.05, 3.63) is 34.6 Å². The number of nitro groups is 1. The van der Waals surface area contributed by atoms with E-state index < -0.39 is 4.92 Å². The van der Waals surface area contributed by atoms with Gasteiger partial charge in [0.2, 0.25) is 0 Å². The van der Waals surface area contributed by atoms with Crippen LogP contribution in [0, 0.1) is 10.1 Å². The number of aromatic nitrogens is 4. The predicted molar refractivity (Wildman–Crippen MR) is 67.2 cm³/mol. The second-order valence-corrected chi connectivity index (χ2v) is 3.59. The number of nitrogens with two attached hydrogens (primary N) is 1. The van der Waals surface area contributed by atoms with Gasteiger partial charge in [-0.05, 0) is 0 Å². The minimum atomic E-state index is -0.509. The van der Waals surface area contributed by atoms with Crippen LogP contribution < -0.4 is 16.6 Å². The van der Waals surface area contributed by atoms with Crippen molar-refractivity contribution in [2.75, 3.05) is 17.3 Å². The maximum absolute atomic E-state index is 10.7. The quantitative estimate of drug-likeness (QED) is 0.376. The van der Waals surface area contributed by atoms with E-state index in [0.717, 1.165) is 0 Å². The first kappa shape index (κ1) is 12.7. The Balaban J connectivity index is 2.02. The van der Waals surface area contributed by atoms with Crippen LogP contribution in [0.15, 0.2) is 24.5 Å². The van der Waals surface area contributed by atoms with Gasteiger partial charge < -0.3 is 10.7 Å². The van der Waals surface area contributed by atoms with E-state index in [9.17, 15) is 10.1 Å². The summed E-state index contributed by atoms with van der Waals surface area (Å²) in [4.78, 5) is 14.3. The number of nitrogens with one attached hydrogen (secondary N) is 2. The molecule has 0 radical (unpaired) electrons. The summed E-state index contributed by atoms with van der Waals surface area (Å²) in [6.07, 6.45) is 3.29. The first-order valence-electron chi connectivity index (χ1n) is 5.40. The van der Waals surface area contributed by atoms with Crippen LogP contribution in [0.25, 0.3) is 0 Å². The first-order chi connectivity index (χ1) is 9.19. The molecule has 0 unspecified atom stereocenters. The molecule has 2 rings (SSSR count). The van der Waals surface area contributed by atoms with Gasteiger partial charge in [-0.1, -0.05) is 5.21 Å². The Morgan fingerprint density at radius 1 is 1.42 bits per heavy atom. The van der Waals surface area contributed by atoms with Gasteiger partial charge in [-0.25, -0.2) is 10.8 Å². The van der Waals surface area contributed by atoms with Crippen LogP contribution in [0.4, 0.5) is 17.3 Å². The highest BCUT2D eigenvalue weighted by Gasteiger charge is 2.10. The Morgan fingerprint density at radius 3 is 2.84 bits per heavy atom. The summed E-state index contributed by atoms with van der Waals surface area (Å²) in [5.74, 6) is 5.79. The van der Waals surface area contributed by atoms with Gasteiger partial charge in [0.1, 0.15) is 11.6 Å². The Morgan fingerprint density at radius 2 is 2.21 bits per heavy atom. The van der Waals surface area contributed by atoms with E-state index in [2.05, 4.69) is 26.0 Å². The summed E-state index contributed by atoms with van der Waals surface area (Å²) in [6.45, 7) is 1.07. The Labute approximate surface area is 107 Å². The van der Waals surface area contributed by atoms with Crippen LogP contribution in [-0.2, 0) is 6.54 Å². The number of hydrogen-bond acceptors (Lipinski definition) is 8. The maximum atomic E-state index is 10.7. The molecule has 0 aliphatic carbocycles. The molecule has 10 nitrogen and oxygen atoms in total. The number of hydrogen-bond donors (Lipinski definition) is 3. The molecule has 0 aliphatic rings. The molecular weight excluding hydrogens is 252 g/mol. The van der Waals surface area contributed by atoms with Crippen molar-refractivity contribution in [2.45, 2.75) is 6.54 Å². The zero-order valence-corrected chi connectivity index (χ0v) is 9.85. The second-order valence-electron chi connectivity index (χ2n) is 3.59. The van der Waals surface area contributed by atoms with E-state index >= 15 is 0 Å². The lowest BCUT2D eigenvalue weighted by Crippen LogP contribution is -2.14. The van der Waals surface area contributed by atoms with Gasteiger partial charge in [0.05, 0.1) is 29.8 Å². The monoisotopic (exact) mass is 264 g/mol. The minimum Gasteiger partial charge on any atom is -0.368 e. The fraction of sp³-hybridized carbons (Fsp3) is 0.222. The third kappa shape index (κ3) is 3.35. The molecule has 0 saturated carbocycles. The molecule has 10 heteroatoms. The van der Waals surface area contributed by atoms with Gasteiger partial charge in [-0.3, -0.25) is 14.8 Å². The minimum absolute atomic E-state index is 0.0915. The Hall–Kier alpha value is -2.75. The summed E-state index contributed by atoms with van der Waals surface area (Å²) < 4.78 is 1.63. The molecule has 0 spiro atoms. The van der Waals surface area contributed by atoms with Crippen molar-refractivity contribution in [3.8, 4) is 0 Å². The van der Waals surface area contributed by atoms with Crippen molar-refractivity contribution in [1.29, 1.82) is 0 Å². The van der Waals surface area contributed by atoms with Crippen molar-refractivity contribution in [2.24, 2.45) is 5.84 Å². The zero-order valence-electron chi connectivity index (χ0n) is 9.85. The molecule has 2 heterocycles. The average molecular weight is 264 g/mol. The molecule has 0 atom stereocenters. The molecule has 0 saturated heterocycles. The third-order valence-electron chi connectivity index (χ3n) is 2.29. The summed E-state index contributed by atoms with van der Waals surface area (Å²) in [6, 6.07) is 2.59. The second kappa shape index (κ2) is 5.73. The smallest absolute Gasteiger partial charge is 0.276 e. The lowest BCUT2D eigenvalue weighted by atomic mass is 10.3. The molecule has 2 aromatic rings. The van der Waals surface area contributed by atoms with Crippen LogP contribution in [0.1, 0.15) is 0 Å². The van der Waals surface area contributed by atoms with E-state index in [4.69, 9.17) is 5.84 Å². The molecule has 0 aliphatic heterocycles. The fourth-order valence-electron chi connectivity index (χ4n) is 1.44. The molecule has 4 N–H and O–H groups in total. The van der Waals surface area contributed by atoms with E-state index in [1.165, 1.54) is 12.1 Å². The highest BCUT2D eigenvalue weighted by atomic mass is 16.6.